The molecule has 4 heteroatoms. The quantitative estimate of drug-likeness (QED) is 0.256. The van der Waals surface area contributed by atoms with E-state index in [-0.39, 0.29) is 11.3 Å². The number of rotatable bonds is 10. The van der Waals surface area contributed by atoms with Gasteiger partial charge in [-0.3, -0.25) is 4.79 Å². The molecule has 0 N–H and O–H groups in total. The Morgan fingerprint density at radius 1 is 1.25 bits per heavy atom. The van der Waals surface area contributed by atoms with Crippen molar-refractivity contribution in [3.8, 4) is 0 Å². The van der Waals surface area contributed by atoms with Crippen LogP contribution in [-0.2, 0) is 9.59 Å². The minimum Gasteiger partial charge on any atom is -0.281 e. The zero-order valence-electron chi connectivity index (χ0n) is 9.88. The summed E-state index contributed by atoms with van der Waals surface area (Å²) < 4.78 is 0. The molecule has 0 spiro atoms. The number of nitrogens with zero attached hydrogens (tertiary/aromatic N) is 1. The molecule has 0 amide bonds. The molecule has 92 valence electrons. The van der Waals surface area contributed by atoms with Crippen molar-refractivity contribution in [2.45, 2.75) is 64.3 Å². The van der Waals surface area contributed by atoms with E-state index in [0.29, 0.717) is 6.42 Å². The van der Waals surface area contributed by atoms with Crippen molar-refractivity contribution in [1.82, 2.24) is 0 Å². The average Bonchev–Trinajstić information content (AvgIpc) is 2.24. The molecule has 0 saturated carbocycles. The zero-order valence-corrected chi connectivity index (χ0v) is 10.6. The SMILES string of the molecule is CCCCC(CCCCCC(=O)Cl)N=C=O. The summed E-state index contributed by atoms with van der Waals surface area (Å²) >= 11 is 5.23. The maximum atomic E-state index is 10.5. The number of halogens is 1. The van der Waals surface area contributed by atoms with Crippen LogP contribution in [0.15, 0.2) is 4.99 Å². The summed E-state index contributed by atoms with van der Waals surface area (Å²) in [6, 6.07) is 0.115. The summed E-state index contributed by atoms with van der Waals surface area (Å²) in [4.78, 5) is 24.5. The first-order valence-corrected chi connectivity index (χ1v) is 6.33. The lowest BCUT2D eigenvalue weighted by molar-refractivity contribution is -0.111. The maximum absolute atomic E-state index is 10.5. The fraction of sp³-hybridized carbons (Fsp3) is 0.833. The van der Waals surface area contributed by atoms with E-state index in [1.807, 2.05) is 0 Å². The van der Waals surface area contributed by atoms with Crippen molar-refractivity contribution in [3.63, 3.8) is 0 Å². The third-order valence-corrected chi connectivity index (χ3v) is 2.73. The summed E-state index contributed by atoms with van der Waals surface area (Å²) in [7, 11) is 0. The van der Waals surface area contributed by atoms with Gasteiger partial charge in [-0.15, -0.1) is 0 Å². The number of aliphatic imine (C=N–C) groups is 1. The molecule has 0 saturated heterocycles. The molecule has 3 nitrogen and oxygen atoms in total. The van der Waals surface area contributed by atoms with Gasteiger partial charge in [0, 0.05) is 6.42 Å². The minimum atomic E-state index is -0.270. The lowest BCUT2D eigenvalue weighted by atomic mass is 10.0. The second kappa shape index (κ2) is 10.8. The van der Waals surface area contributed by atoms with Crippen LogP contribution in [0.25, 0.3) is 0 Å². The maximum Gasteiger partial charge on any atom is 0.235 e. The van der Waals surface area contributed by atoms with E-state index in [9.17, 15) is 9.59 Å². The monoisotopic (exact) mass is 245 g/mol. The molecule has 0 radical (unpaired) electrons. The van der Waals surface area contributed by atoms with Crippen LogP contribution in [0, 0.1) is 0 Å². The van der Waals surface area contributed by atoms with E-state index in [0.717, 1.165) is 44.9 Å². The van der Waals surface area contributed by atoms with Crippen LogP contribution in [0.4, 0.5) is 0 Å². The zero-order chi connectivity index (χ0) is 12.2. The summed E-state index contributed by atoms with van der Waals surface area (Å²) in [6.07, 6.45) is 8.94. The molecule has 0 heterocycles. The second-order valence-corrected chi connectivity index (χ2v) is 4.39. The summed E-state index contributed by atoms with van der Waals surface area (Å²) in [5, 5.41) is -0.270. The van der Waals surface area contributed by atoms with E-state index in [1.54, 1.807) is 6.08 Å². The number of carbonyl (C=O) groups is 1. The van der Waals surface area contributed by atoms with E-state index >= 15 is 0 Å². The van der Waals surface area contributed by atoms with Gasteiger partial charge < -0.3 is 0 Å². The van der Waals surface area contributed by atoms with Gasteiger partial charge in [-0.05, 0) is 30.9 Å². The molecule has 0 rings (SSSR count). The molecule has 0 aromatic carbocycles. The highest BCUT2D eigenvalue weighted by molar-refractivity contribution is 6.63. The third-order valence-electron chi connectivity index (χ3n) is 2.54. The lowest BCUT2D eigenvalue weighted by Gasteiger charge is -2.09. The van der Waals surface area contributed by atoms with Gasteiger partial charge in [0.2, 0.25) is 11.3 Å². The van der Waals surface area contributed by atoms with Gasteiger partial charge in [-0.2, -0.15) is 0 Å². The Morgan fingerprint density at radius 3 is 2.50 bits per heavy atom. The molecule has 0 fully saturated rings. The number of hydrogen-bond acceptors (Lipinski definition) is 3. The van der Waals surface area contributed by atoms with Gasteiger partial charge in [-0.25, -0.2) is 9.79 Å². The van der Waals surface area contributed by atoms with Crippen LogP contribution in [0.2, 0.25) is 0 Å². The molecule has 16 heavy (non-hydrogen) atoms. The van der Waals surface area contributed by atoms with E-state index in [1.165, 1.54) is 0 Å². The van der Waals surface area contributed by atoms with Gasteiger partial charge in [0.25, 0.3) is 0 Å². The summed E-state index contributed by atoms with van der Waals surface area (Å²) in [6.45, 7) is 2.12. The number of hydrogen-bond donors (Lipinski definition) is 0. The average molecular weight is 246 g/mol. The van der Waals surface area contributed by atoms with Crippen LogP contribution in [0.5, 0.6) is 0 Å². The standard InChI is InChI=1S/C12H20ClNO2/c1-2-3-7-11(14-10-15)8-5-4-6-9-12(13)16/h11H,2-9H2,1H3. The third kappa shape index (κ3) is 9.88. The highest BCUT2D eigenvalue weighted by Crippen LogP contribution is 2.13. The number of carbonyl (C=O) groups excluding carboxylic acids is 2. The Kier molecular flexibility index (Phi) is 10.4. The Morgan fingerprint density at radius 2 is 1.94 bits per heavy atom. The molecule has 0 bridgehead atoms. The van der Waals surface area contributed by atoms with Crippen LogP contribution in [0.1, 0.15) is 58.3 Å². The fourth-order valence-corrected chi connectivity index (χ4v) is 1.74. The van der Waals surface area contributed by atoms with Gasteiger partial charge in [0.15, 0.2) is 0 Å². The van der Waals surface area contributed by atoms with Crippen LogP contribution >= 0.6 is 11.6 Å². The minimum absolute atomic E-state index is 0.115. The Hall–Kier alpha value is -0.660. The first kappa shape index (κ1) is 15.3. The van der Waals surface area contributed by atoms with Crippen molar-refractivity contribution in [2.75, 3.05) is 0 Å². The highest BCUT2D eigenvalue weighted by atomic mass is 35.5. The van der Waals surface area contributed by atoms with Crippen molar-refractivity contribution in [1.29, 1.82) is 0 Å². The number of isocyanates is 1. The Balaban J connectivity index is 3.59. The van der Waals surface area contributed by atoms with Crippen molar-refractivity contribution >= 4 is 22.9 Å². The first-order valence-electron chi connectivity index (χ1n) is 5.96. The molecule has 0 aromatic rings. The van der Waals surface area contributed by atoms with E-state index in [4.69, 9.17) is 11.6 Å². The molecule has 0 aromatic heterocycles. The largest absolute Gasteiger partial charge is 0.281 e. The molecule has 1 unspecified atom stereocenters. The predicted octanol–water partition coefficient (Wildman–Crippen LogP) is 3.60. The second-order valence-electron chi connectivity index (χ2n) is 3.97. The number of unbranched alkanes of at least 4 members (excludes halogenated alkanes) is 3. The molecular weight excluding hydrogens is 226 g/mol. The topological polar surface area (TPSA) is 46.5 Å². The van der Waals surface area contributed by atoms with Gasteiger partial charge in [-0.1, -0.05) is 32.6 Å². The highest BCUT2D eigenvalue weighted by Gasteiger charge is 2.06. The summed E-state index contributed by atoms with van der Waals surface area (Å²) in [5.41, 5.74) is 0. The van der Waals surface area contributed by atoms with Gasteiger partial charge in [0.1, 0.15) is 0 Å². The van der Waals surface area contributed by atoms with Crippen LogP contribution < -0.4 is 0 Å². The van der Waals surface area contributed by atoms with Crippen molar-refractivity contribution in [3.05, 3.63) is 0 Å². The van der Waals surface area contributed by atoms with Crippen molar-refractivity contribution in [2.24, 2.45) is 4.99 Å². The molecule has 0 aliphatic carbocycles. The Labute approximate surface area is 102 Å². The smallest absolute Gasteiger partial charge is 0.235 e. The normalized spacial score (nSPS) is 11.9. The predicted molar refractivity (Wildman–Crippen MR) is 65.4 cm³/mol. The summed E-state index contributed by atoms with van der Waals surface area (Å²) in [5.74, 6) is 0. The van der Waals surface area contributed by atoms with E-state index in [2.05, 4.69) is 11.9 Å². The van der Waals surface area contributed by atoms with Crippen LogP contribution in [-0.4, -0.2) is 17.4 Å². The van der Waals surface area contributed by atoms with Gasteiger partial charge >= 0.3 is 0 Å². The first-order chi connectivity index (χ1) is 7.70. The molecule has 1 atom stereocenters. The molecule has 0 aliphatic heterocycles. The van der Waals surface area contributed by atoms with Crippen LogP contribution in [0.3, 0.4) is 0 Å². The van der Waals surface area contributed by atoms with Gasteiger partial charge in [0.05, 0.1) is 6.04 Å². The fourth-order valence-electron chi connectivity index (χ4n) is 1.61. The molecule has 0 aliphatic rings. The molecular formula is C12H20ClNO2. The van der Waals surface area contributed by atoms with Crippen molar-refractivity contribution < 1.29 is 9.59 Å². The lowest BCUT2D eigenvalue weighted by Crippen LogP contribution is -2.04. The Bertz CT molecular complexity index is 237. The van der Waals surface area contributed by atoms with E-state index < -0.39 is 0 Å².